The van der Waals surface area contributed by atoms with Crippen LogP contribution in [0, 0.1) is 17.6 Å². The molecule has 1 aliphatic rings. The molecule has 172 valence electrons. The molecule has 1 atom stereocenters. The molecule has 0 radical (unpaired) electrons. The Bertz CT molecular complexity index is 1070. The van der Waals surface area contributed by atoms with Crippen molar-refractivity contribution in [2.24, 2.45) is 5.92 Å². The van der Waals surface area contributed by atoms with Gasteiger partial charge in [-0.3, -0.25) is 4.79 Å². The number of benzene rings is 3. The minimum absolute atomic E-state index is 0.0168. The van der Waals surface area contributed by atoms with E-state index in [9.17, 15) is 13.6 Å². The van der Waals surface area contributed by atoms with Crippen LogP contribution in [0.4, 0.5) is 8.78 Å². The lowest BCUT2D eigenvalue weighted by molar-refractivity contribution is -0.140. The molecule has 1 fully saturated rings. The molecule has 1 saturated carbocycles. The summed E-state index contributed by atoms with van der Waals surface area (Å²) in [6, 6.07) is 19.4. The van der Waals surface area contributed by atoms with Crippen LogP contribution >= 0.6 is 11.6 Å². The summed E-state index contributed by atoms with van der Waals surface area (Å²) in [5, 5.41) is 0.579. The van der Waals surface area contributed by atoms with Gasteiger partial charge in [-0.1, -0.05) is 48.9 Å². The first-order valence-corrected chi connectivity index (χ1v) is 11.8. The molecule has 1 aliphatic carbocycles. The Morgan fingerprint density at radius 1 is 0.970 bits per heavy atom. The zero-order valence-electron chi connectivity index (χ0n) is 18.6. The van der Waals surface area contributed by atoms with Crippen LogP contribution in [0.25, 0.3) is 0 Å². The smallest absolute Gasteiger partial charge is 0.314 e. The Kier molecular flexibility index (Phi) is 7.44. The van der Waals surface area contributed by atoms with Gasteiger partial charge in [0.2, 0.25) is 0 Å². The van der Waals surface area contributed by atoms with E-state index in [1.54, 1.807) is 24.3 Å². The molecule has 3 aromatic rings. The Balaban J connectivity index is 1.37. The summed E-state index contributed by atoms with van der Waals surface area (Å²) in [6.07, 6.45) is 2.96. The number of carbonyl (C=O) groups excluding carboxylic acids is 1. The van der Waals surface area contributed by atoms with Gasteiger partial charge in [0.05, 0.1) is 5.92 Å². The Morgan fingerprint density at radius 2 is 1.58 bits per heavy atom. The summed E-state index contributed by atoms with van der Waals surface area (Å²) < 4.78 is 35.2. The normalized spacial score (nSPS) is 19.2. The molecule has 0 spiro atoms. The zero-order chi connectivity index (χ0) is 23.4. The quantitative estimate of drug-likeness (QED) is 0.272. The van der Waals surface area contributed by atoms with Crippen LogP contribution in [0.5, 0.6) is 5.75 Å². The Morgan fingerprint density at radius 3 is 2.18 bits per heavy atom. The van der Waals surface area contributed by atoms with Gasteiger partial charge in [-0.05, 0) is 91.5 Å². The number of hydrogen-bond donors (Lipinski definition) is 0. The van der Waals surface area contributed by atoms with Gasteiger partial charge in [-0.15, -0.1) is 0 Å². The summed E-state index contributed by atoms with van der Waals surface area (Å²) in [7, 11) is 0. The lowest BCUT2D eigenvalue weighted by Crippen LogP contribution is -2.25. The average Bonchev–Trinajstić information content (AvgIpc) is 2.83. The summed E-state index contributed by atoms with van der Waals surface area (Å²) >= 11 is 5.86. The van der Waals surface area contributed by atoms with Crippen LogP contribution in [0.2, 0.25) is 5.02 Å². The maximum Gasteiger partial charge on any atom is 0.314 e. The predicted molar refractivity (Wildman–Crippen MR) is 127 cm³/mol. The molecule has 0 amide bonds. The Hall–Kier alpha value is -2.72. The van der Waals surface area contributed by atoms with Crippen LogP contribution in [0.15, 0.2) is 66.7 Å². The second-order valence-electron chi connectivity index (χ2n) is 8.90. The van der Waals surface area contributed by atoms with Crippen molar-refractivity contribution in [2.45, 2.75) is 50.9 Å². The fourth-order valence-corrected chi connectivity index (χ4v) is 4.75. The molecule has 4 rings (SSSR count). The molecule has 0 unspecified atom stereocenters. The first-order valence-electron chi connectivity index (χ1n) is 11.4. The largest absolute Gasteiger partial charge is 0.426 e. The molecule has 5 heteroatoms. The van der Waals surface area contributed by atoms with Crippen LogP contribution in [0.3, 0.4) is 0 Å². The van der Waals surface area contributed by atoms with Crippen molar-refractivity contribution in [2.75, 3.05) is 0 Å². The van der Waals surface area contributed by atoms with Gasteiger partial charge in [0.15, 0.2) is 0 Å². The highest BCUT2D eigenvalue weighted by molar-refractivity contribution is 6.30. The van der Waals surface area contributed by atoms with Crippen LogP contribution < -0.4 is 4.74 Å². The van der Waals surface area contributed by atoms with Gasteiger partial charge in [0.25, 0.3) is 0 Å². The monoisotopic (exact) mass is 468 g/mol. The fraction of sp³-hybridized carbons (Fsp3) is 0.321. The number of rotatable bonds is 6. The lowest BCUT2D eigenvalue weighted by Gasteiger charge is -2.28. The van der Waals surface area contributed by atoms with Gasteiger partial charge in [-0.25, -0.2) is 8.78 Å². The van der Waals surface area contributed by atoms with E-state index < -0.39 is 11.6 Å². The van der Waals surface area contributed by atoms with Crippen molar-refractivity contribution in [3.05, 3.63) is 100 Å². The van der Waals surface area contributed by atoms with Gasteiger partial charge < -0.3 is 4.74 Å². The first-order chi connectivity index (χ1) is 15.9. The molecule has 0 heterocycles. The van der Waals surface area contributed by atoms with E-state index >= 15 is 0 Å². The molecule has 33 heavy (non-hydrogen) atoms. The van der Waals surface area contributed by atoms with E-state index in [0.29, 0.717) is 48.4 Å². The number of hydrogen-bond acceptors (Lipinski definition) is 2. The van der Waals surface area contributed by atoms with Gasteiger partial charge in [0.1, 0.15) is 17.4 Å². The van der Waals surface area contributed by atoms with Gasteiger partial charge in [0, 0.05) is 10.6 Å². The molecule has 0 N–H and O–H groups in total. The number of halogens is 3. The molecule has 0 aromatic heterocycles. The summed E-state index contributed by atoms with van der Waals surface area (Å²) in [4.78, 5) is 12.5. The summed E-state index contributed by atoms with van der Waals surface area (Å²) in [6.45, 7) is 1.98. The topological polar surface area (TPSA) is 26.3 Å². The van der Waals surface area contributed by atoms with Crippen LogP contribution in [-0.4, -0.2) is 5.97 Å². The molecular formula is C28H27ClF2O2. The third-order valence-electron chi connectivity index (χ3n) is 6.61. The average molecular weight is 469 g/mol. The van der Waals surface area contributed by atoms with E-state index in [1.165, 1.54) is 12.1 Å². The van der Waals surface area contributed by atoms with Gasteiger partial charge in [-0.2, -0.15) is 0 Å². The third-order valence-corrected chi connectivity index (χ3v) is 6.86. The molecule has 0 saturated heterocycles. The minimum atomic E-state index is -0.489. The molecule has 2 nitrogen and oxygen atoms in total. The van der Waals surface area contributed by atoms with Crippen molar-refractivity contribution >= 4 is 17.6 Å². The van der Waals surface area contributed by atoms with E-state index in [2.05, 4.69) is 0 Å². The second kappa shape index (κ2) is 10.5. The number of carbonyl (C=O) groups is 1. The first kappa shape index (κ1) is 23.4. The molecular weight excluding hydrogens is 442 g/mol. The van der Waals surface area contributed by atoms with Crippen molar-refractivity contribution < 1.29 is 18.3 Å². The fourth-order valence-electron chi connectivity index (χ4n) is 4.62. The van der Waals surface area contributed by atoms with Crippen molar-refractivity contribution in [3.63, 3.8) is 0 Å². The number of ether oxygens (including phenoxy) is 1. The van der Waals surface area contributed by atoms with E-state index in [4.69, 9.17) is 16.3 Å². The molecule has 3 aromatic carbocycles. The van der Waals surface area contributed by atoms with Crippen LogP contribution in [-0.2, 0) is 11.2 Å². The van der Waals surface area contributed by atoms with Gasteiger partial charge >= 0.3 is 5.97 Å². The maximum absolute atomic E-state index is 14.9. The molecule has 0 aliphatic heterocycles. The predicted octanol–water partition coefficient (Wildman–Crippen LogP) is 7.84. The molecule has 0 bridgehead atoms. The van der Waals surface area contributed by atoms with E-state index in [-0.39, 0.29) is 29.3 Å². The summed E-state index contributed by atoms with van der Waals surface area (Å²) in [5.74, 6) is -0.932. The summed E-state index contributed by atoms with van der Waals surface area (Å²) in [5.41, 5.74) is 1.87. The third kappa shape index (κ3) is 5.80. The zero-order valence-corrected chi connectivity index (χ0v) is 19.3. The SMILES string of the molecule is C[C@@H](Cc1c(F)cc(C2CCC(C(=O)Oc3ccc(Cl)cc3)CC2)cc1F)c1ccccc1. The van der Waals surface area contributed by atoms with Crippen molar-refractivity contribution in [3.8, 4) is 5.75 Å². The highest BCUT2D eigenvalue weighted by Gasteiger charge is 2.29. The van der Waals surface area contributed by atoms with Crippen LogP contribution in [0.1, 0.15) is 61.1 Å². The van der Waals surface area contributed by atoms with Crippen molar-refractivity contribution in [1.29, 1.82) is 0 Å². The van der Waals surface area contributed by atoms with Crippen molar-refractivity contribution in [1.82, 2.24) is 0 Å². The van der Waals surface area contributed by atoms with E-state index in [1.807, 2.05) is 37.3 Å². The maximum atomic E-state index is 14.9. The lowest BCUT2D eigenvalue weighted by atomic mass is 9.78. The Labute approximate surface area is 198 Å². The standard InChI is InChI=1S/C28H27ClF2O2/c1-18(19-5-3-2-4-6-19)15-25-26(30)16-22(17-27(25)31)20-7-9-21(10-8-20)28(32)33-24-13-11-23(29)12-14-24/h2-6,11-14,16-18,20-21H,7-10,15H2,1H3/t18-,20?,21?/m0/s1. The van der Waals surface area contributed by atoms with E-state index in [0.717, 1.165) is 5.56 Å². The minimum Gasteiger partial charge on any atom is -0.426 e. The second-order valence-corrected chi connectivity index (χ2v) is 9.34. The highest BCUT2D eigenvalue weighted by Crippen LogP contribution is 2.38. The highest BCUT2D eigenvalue weighted by atomic mass is 35.5. The number of esters is 1.